The van der Waals surface area contributed by atoms with Crippen molar-refractivity contribution in [2.75, 3.05) is 6.61 Å². The number of thiophene rings is 1. The largest absolute Gasteiger partial charge is 0.494 e. The first-order valence-electron chi connectivity index (χ1n) is 6.46. The summed E-state index contributed by atoms with van der Waals surface area (Å²) in [6.45, 7) is 2.57. The predicted molar refractivity (Wildman–Crippen MR) is 89.1 cm³/mol. The Hall–Kier alpha value is -1.66. The first kappa shape index (κ1) is 15.7. The molecule has 0 saturated carbocycles. The van der Waals surface area contributed by atoms with E-state index in [0.717, 1.165) is 20.0 Å². The summed E-state index contributed by atoms with van der Waals surface area (Å²) in [6, 6.07) is 11.3. The normalized spacial score (nSPS) is 10.8. The second-order valence-corrected chi connectivity index (χ2v) is 6.68. The third kappa shape index (κ3) is 5.32. The molecule has 1 amide bonds. The summed E-state index contributed by atoms with van der Waals surface area (Å²) in [7, 11) is 0. The van der Waals surface area contributed by atoms with Crippen LogP contribution in [-0.2, 0) is 11.2 Å². The van der Waals surface area contributed by atoms with Crippen LogP contribution in [-0.4, -0.2) is 18.7 Å². The van der Waals surface area contributed by atoms with Gasteiger partial charge in [0.1, 0.15) is 5.75 Å². The van der Waals surface area contributed by atoms with E-state index >= 15 is 0 Å². The Bertz CT molecular complexity index is 623. The Balaban J connectivity index is 1.82. The minimum atomic E-state index is -0.147. The third-order valence-electron chi connectivity index (χ3n) is 2.57. The summed E-state index contributed by atoms with van der Waals surface area (Å²) in [4.78, 5) is 12.7. The van der Waals surface area contributed by atoms with Gasteiger partial charge in [0, 0.05) is 4.88 Å². The van der Waals surface area contributed by atoms with Gasteiger partial charge in [0.25, 0.3) is 0 Å². The van der Waals surface area contributed by atoms with Gasteiger partial charge in [-0.25, -0.2) is 5.43 Å². The fraction of sp³-hybridized carbons (Fsp3) is 0.200. The van der Waals surface area contributed by atoms with Crippen LogP contribution >= 0.6 is 27.3 Å². The predicted octanol–water partition coefficient (Wildman–Crippen LogP) is 3.60. The number of nitrogens with zero attached hydrogens (tertiary/aromatic N) is 1. The van der Waals surface area contributed by atoms with Crippen LogP contribution in [0.3, 0.4) is 0 Å². The number of nitrogens with one attached hydrogen (secondary N) is 1. The lowest BCUT2D eigenvalue weighted by Crippen LogP contribution is -2.19. The van der Waals surface area contributed by atoms with E-state index < -0.39 is 0 Å². The first-order valence-corrected chi connectivity index (χ1v) is 8.07. The van der Waals surface area contributed by atoms with Gasteiger partial charge in [0.05, 0.1) is 23.0 Å². The quantitative estimate of drug-likeness (QED) is 0.627. The summed E-state index contributed by atoms with van der Waals surface area (Å²) in [6.07, 6.45) is 1.92. The highest BCUT2D eigenvalue weighted by Gasteiger charge is 2.02. The van der Waals surface area contributed by atoms with E-state index in [1.807, 2.05) is 43.3 Å². The van der Waals surface area contributed by atoms with E-state index in [4.69, 9.17) is 4.74 Å². The van der Waals surface area contributed by atoms with E-state index in [9.17, 15) is 4.79 Å². The molecule has 1 heterocycles. The smallest absolute Gasteiger partial charge is 0.244 e. The number of amides is 1. The van der Waals surface area contributed by atoms with Crippen LogP contribution in [0.25, 0.3) is 0 Å². The molecule has 6 heteroatoms. The molecule has 0 aliphatic carbocycles. The molecular formula is C15H15BrN2O2S. The van der Waals surface area contributed by atoms with Crippen LogP contribution in [0, 0.1) is 0 Å². The fourth-order valence-electron chi connectivity index (χ4n) is 1.66. The van der Waals surface area contributed by atoms with Gasteiger partial charge >= 0.3 is 0 Å². The van der Waals surface area contributed by atoms with Crippen molar-refractivity contribution < 1.29 is 9.53 Å². The van der Waals surface area contributed by atoms with Gasteiger partial charge < -0.3 is 4.74 Å². The van der Waals surface area contributed by atoms with Gasteiger partial charge in [-0.2, -0.15) is 5.10 Å². The standard InChI is InChI=1S/C15H15BrN2O2S/c1-2-20-12-5-3-11(4-6-12)9-15(19)18-17-10-13-7-8-14(16)21-13/h3-8,10H,2,9H2,1H3,(H,18,19)/b17-10-. The van der Waals surface area contributed by atoms with Gasteiger partial charge in [-0.05, 0) is 52.7 Å². The van der Waals surface area contributed by atoms with Crippen molar-refractivity contribution in [2.45, 2.75) is 13.3 Å². The monoisotopic (exact) mass is 366 g/mol. The van der Waals surface area contributed by atoms with Gasteiger partial charge in [-0.3, -0.25) is 4.79 Å². The van der Waals surface area contributed by atoms with E-state index in [1.54, 1.807) is 17.6 Å². The number of hydrogen-bond donors (Lipinski definition) is 1. The molecular weight excluding hydrogens is 352 g/mol. The molecule has 0 aliphatic heterocycles. The molecule has 1 N–H and O–H groups in total. The number of carbonyl (C=O) groups excluding carboxylic acids is 1. The van der Waals surface area contributed by atoms with Gasteiger partial charge in [-0.1, -0.05) is 12.1 Å². The highest BCUT2D eigenvalue weighted by Crippen LogP contribution is 2.20. The van der Waals surface area contributed by atoms with Crippen molar-refractivity contribution in [3.63, 3.8) is 0 Å². The maximum absolute atomic E-state index is 11.8. The van der Waals surface area contributed by atoms with Crippen LogP contribution in [0.5, 0.6) is 5.75 Å². The maximum Gasteiger partial charge on any atom is 0.244 e. The van der Waals surface area contributed by atoms with Crippen molar-refractivity contribution in [1.82, 2.24) is 5.43 Å². The summed E-state index contributed by atoms with van der Waals surface area (Å²) in [5, 5.41) is 3.94. The zero-order chi connectivity index (χ0) is 15.1. The molecule has 21 heavy (non-hydrogen) atoms. The molecule has 2 aromatic rings. The molecule has 2 rings (SSSR count). The molecule has 0 spiro atoms. The van der Waals surface area contributed by atoms with Crippen LogP contribution in [0.15, 0.2) is 45.3 Å². The SMILES string of the molecule is CCOc1ccc(CC(=O)N/N=C\c2ccc(Br)s2)cc1. The highest BCUT2D eigenvalue weighted by molar-refractivity contribution is 9.11. The Morgan fingerprint density at radius 3 is 2.71 bits per heavy atom. The van der Waals surface area contributed by atoms with Crippen molar-refractivity contribution >= 4 is 39.4 Å². The van der Waals surface area contributed by atoms with Crippen molar-refractivity contribution in [1.29, 1.82) is 0 Å². The molecule has 0 unspecified atom stereocenters. The van der Waals surface area contributed by atoms with Crippen LogP contribution in [0.2, 0.25) is 0 Å². The lowest BCUT2D eigenvalue weighted by atomic mass is 10.1. The van der Waals surface area contributed by atoms with Gasteiger partial charge in [0.15, 0.2) is 0 Å². The zero-order valence-electron chi connectivity index (χ0n) is 11.5. The number of rotatable bonds is 6. The molecule has 0 saturated heterocycles. The van der Waals surface area contributed by atoms with E-state index in [2.05, 4.69) is 26.5 Å². The first-order chi connectivity index (χ1) is 10.2. The van der Waals surface area contributed by atoms with Gasteiger partial charge in [-0.15, -0.1) is 11.3 Å². The van der Waals surface area contributed by atoms with E-state index in [0.29, 0.717) is 6.61 Å². The molecule has 1 aromatic heterocycles. The number of ether oxygens (including phenoxy) is 1. The second kappa shape index (κ2) is 7.95. The average molecular weight is 367 g/mol. The number of hydrazone groups is 1. The molecule has 0 radical (unpaired) electrons. The zero-order valence-corrected chi connectivity index (χ0v) is 13.9. The van der Waals surface area contributed by atoms with Crippen LogP contribution < -0.4 is 10.2 Å². The number of hydrogen-bond acceptors (Lipinski definition) is 4. The number of halogens is 1. The topological polar surface area (TPSA) is 50.7 Å². The van der Waals surface area contributed by atoms with Gasteiger partial charge in [0.2, 0.25) is 5.91 Å². The Morgan fingerprint density at radius 1 is 1.33 bits per heavy atom. The second-order valence-electron chi connectivity index (χ2n) is 4.19. The molecule has 110 valence electrons. The van der Waals surface area contributed by atoms with E-state index in [-0.39, 0.29) is 12.3 Å². The third-order valence-corrected chi connectivity index (χ3v) is 4.13. The van der Waals surface area contributed by atoms with Crippen LogP contribution in [0.4, 0.5) is 0 Å². The Morgan fingerprint density at radius 2 is 2.10 bits per heavy atom. The summed E-state index contributed by atoms with van der Waals surface area (Å²) < 4.78 is 6.39. The Kier molecular flexibility index (Phi) is 5.95. The minimum absolute atomic E-state index is 0.147. The van der Waals surface area contributed by atoms with Crippen molar-refractivity contribution in [3.8, 4) is 5.75 Å². The molecule has 0 fully saturated rings. The average Bonchev–Trinajstić information content (AvgIpc) is 2.87. The summed E-state index contributed by atoms with van der Waals surface area (Å²) in [5.74, 6) is 0.661. The summed E-state index contributed by atoms with van der Waals surface area (Å²) >= 11 is 4.93. The number of benzene rings is 1. The molecule has 0 atom stereocenters. The minimum Gasteiger partial charge on any atom is -0.494 e. The lowest BCUT2D eigenvalue weighted by Gasteiger charge is -2.04. The molecule has 1 aromatic carbocycles. The molecule has 4 nitrogen and oxygen atoms in total. The summed E-state index contributed by atoms with van der Waals surface area (Å²) in [5.41, 5.74) is 3.44. The molecule has 0 aliphatic rings. The maximum atomic E-state index is 11.8. The molecule has 0 bridgehead atoms. The fourth-order valence-corrected chi connectivity index (χ4v) is 2.96. The van der Waals surface area contributed by atoms with Crippen LogP contribution in [0.1, 0.15) is 17.4 Å². The van der Waals surface area contributed by atoms with Crippen molar-refractivity contribution in [3.05, 3.63) is 50.6 Å². The van der Waals surface area contributed by atoms with E-state index in [1.165, 1.54) is 0 Å². The number of carbonyl (C=O) groups is 1. The van der Waals surface area contributed by atoms with Crippen molar-refractivity contribution in [2.24, 2.45) is 5.10 Å². The Labute approximate surface area is 136 Å². The highest BCUT2D eigenvalue weighted by atomic mass is 79.9. The lowest BCUT2D eigenvalue weighted by molar-refractivity contribution is -0.120.